The van der Waals surface area contributed by atoms with E-state index in [1.54, 1.807) is 0 Å². The summed E-state index contributed by atoms with van der Waals surface area (Å²) in [6.45, 7) is 12.2. The van der Waals surface area contributed by atoms with Gasteiger partial charge in [0.05, 0.1) is 0 Å². The van der Waals surface area contributed by atoms with Crippen molar-refractivity contribution in [2.75, 3.05) is 19.6 Å². The molecule has 1 saturated heterocycles. The van der Waals surface area contributed by atoms with E-state index in [0.29, 0.717) is 12.6 Å². The van der Waals surface area contributed by atoms with Gasteiger partial charge < -0.3 is 5.73 Å². The molecule has 2 heteroatoms. The van der Waals surface area contributed by atoms with Gasteiger partial charge in [0.2, 0.25) is 0 Å². The Hall–Kier alpha value is -0.860. The van der Waals surface area contributed by atoms with Gasteiger partial charge in [0, 0.05) is 25.7 Å². The summed E-state index contributed by atoms with van der Waals surface area (Å²) in [7, 11) is 0. The fourth-order valence-corrected chi connectivity index (χ4v) is 3.57. The summed E-state index contributed by atoms with van der Waals surface area (Å²) >= 11 is 0. The number of likely N-dealkylation sites (tertiary alicyclic amines) is 1. The van der Waals surface area contributed by atoms with Crippen molar-refractivity contribution in [1.29, 1.82) is 0 Å². The second-order valence-corrected chi connectivity index (χ2v) is 6.44. The van der Waals surface area contributed by atoms with Crippen molar-refractivity contribution < 1.29 is 0 Å². The Morgan fingerprint density at radius 2 is 1.84 bits per heavy atom. The van der Waals surface area contributed by atoms with E-state index in [0.717, 1.165) is 11.8 Å². The van der Waals surface area contributed by atoms with Crippen LogP contribution in [0.2, 0.25) is 0 Å². The van der Waals surface area contributed by atoms with E-state index in [-0.39, 0.29) is 0 Å². The lowest BCUT2D eigenvalue weighted by Crippen LogP contribution is -2.43. The minimum Gasteiger partial charge on any atom is -0.329 e. The molecule has 19 heavy (non-hydrogen) atoms. The van der Waals surface area contributed by atoms with Crippen LogP contribution in [0.3, 0.4) is 0 Å². The van der Waals surface area contributed by atoms with Gasteiger partial charge in [-0.25, -0.2) is 0 Å². The topological polar surface area (TPSA) is 29.3 Å². The molecule has 0 aromatic heterocycles. The third-order valence-electron chi connectivity index (χ3n) is 4.57. The van der Waals surface area contributed by atoms with Crippen LogP contribution in [0.4, 0.5) is 0 Å². The Bertz CT molecular complexity index is 417. The first-order chi connectivity index (χ1) is 9.02. The van der Waals surface area contributed by atoms with Crippen LogP contribution in [-0.4, -0.2) is 24.5 Å². The third-order valence-corrected chi connectivity index (χ3v) is 4.57. The zero-order valence-electron chi connectivity index (χ0n) is 12.8. The number of benzene rings is 1. The lowest BCUT2D eigenvalue weighted by Gasteiger charge is -2.40. The summed E-state index contributed by atoms with van der Waals surface area (Å²) in [6, 6.07) is 6.99. The lowest BCUT2D eigenvalue weighted by atomic mass is 9.88. The van der Waals surface area contributed by atoms with Crippen LogP contribution in [-0.2, 0) is 0 Å². The SMILES string of the molecule is Cc1cccc(C(CN)N2CC(C)CC(C)C2)c1C. The molecule has 3 unspecified atom stereocenters. The van der Waals surface area contributed by atoms with Crippen molar-refractivity contribution in [1.82, 2.24) is 4.90 Å². The molecule has 0 aliphatic carbocycles. The first-order valence-electron chi connectivity index (χ1n) is 7.53. The van der Waals surface area contributed by atoms with Crippen molar-refractivity contribution in [3.05, 3.63) is 34.9 Å². The molecule has 1 aliphatic heterocycles. The standard InChI is InChI=1S/C17H28N2/c1-12-8-13(2)11-19(10-12)17(9-18)16-7-5-6-14(3)15(16)4/h5-7,12-13,17H,8-11,18H2,1-4H3. The van der Waals surface area contributed by atoms with Crippen LogP contribution < -0.4 is 5.73 Å². The number of hydrogen-bond acceptors (Lipinski definition) is 2. The van der Waals surface area contributed by atoms with Crippen molar-refractivity contribution in [2.45, 2.75) is 40.2 Å². The van der Waals surface area contributed by atoms with E-state index < -0.39 is 0 Å². The molecule has 1 aromatic carbocycles. The van der Waals surface area contributed by atoms with E-state index in [2.05, 4.69) is 50.8 Å². The molecule has 2 N–H and O–H groups in total. The smallest absolute Gasteiger partial charge is 0.0473 e. The van der Waals surface area contributed by atoms with Crippen molar-refractivity contribution in [3.63, 3.8) is 0 Å². The number of aryl methyl sites for hydroxylation is 1. The summed E-state index contributed by atoms with van der Waals surface area (Å²) in [4.78, 5) is 2.60. The van der Waals surface area contributed by atoms with E-state index in [9.17, 15) is 0 Å². The predicted molar refractivity (Wildman–Crippen MR) is 82.2 cm³/mol. The molecular weight excluding hydrogens is 232 g/mol. The fraction of sp³-hybridized carbons (Fsp3) is 0.647. The van der Waals surface area contributed by atoms with Gasteiger partial charge in [-0.2, -0.15) is 0 Å². The zero-order valence-corrected chi connectivity index (χ0v) is 12.8. The maximum atomic E-state index is 6.10. The Morgan fingerprint density at radius 3 is 2.42 bits per heavy atom. The molecule has 1 heterocycles. The van der Waals surface area contributed by atoms with E-state index >= 15 is 0 Å². The molecule has 106 valence electrons. The van der Waals surface area contributed by atoms with E-state index in [1.807, 2.05) is 0 Å². The fourth-order valence-electron chi connectivity index (χ4n) is 3.57. The number of nitrogens with zero attached hydrogens (tertiary/aromatic N) is 1. The molecule has 1 aliphatic rings. The highest BCUT2D eigenvalue weighted by molar-refractivity contribution is 5.35. The summed E-state index contributed by atoms with van der Waals surface area (Å²) < 4.78 is 0. The maximum Gasteiger partial charge on any atom is 0.0473 e. The largest absolute Gasteiger partial charge is 0.329 e. The summed E-state index contributed by atoms with van der Waals surface area (Å²) in [6.07, 6.45) is 1.35. The molecule has 1 aromatic rings. The van der Waals surface area contributed by atoms with Crippen LogP contribution in [0.5, 0.6) is 0 Å². The van der Waals surface area contributed by atoms with Crippen LogP contribution >= 0.6 is 0 Å². The van der Waals surface area contributed by atoms with Crippen molar-refractivity contribution in [2.24, 2.45) is 17.6 Å². The molecule has 1 fully saturated rings. The molecule has 2 rings (SSSR count). The lowest BCUT2D eigenvalue weighted by molar-refractivity contribution is 0.0981. The van der Waals surface area contributed by atoms with Gasteiger partial charge in [-0.3, -0.25) is 4.90 Å². The number of piperidine rings is 1. The van der Waals surface area contributed by atoms with E-state index in [1.165, 1.54) is 36.2 Å². The minimum atomic E-state index is 0.380. The Kier molecular flexibility index (Phi) is 4.64. The normalized spacial score (nSPS) is 26.4. The first-order valence-corrected chi connectivity index (χ1v) is 7.53. The average Bonchev–Trinajstić information content (AvgIpc) is 2.34. The van der Waals surface area contributed by atoms with Gasteiger partial charge in [-0.05, 0) is 48.8 Å². The Morgan fingerprint density at radius 1 is 1.21 bits per heavy atom. The molecule has 3 atom stereocenters. The van der Waals surface area contributed by atoms with Gasteiger partial charge in [0.25, 0.3) is 0 Å². The second kappa shape index (κ2) is 6.06. The van der Waals surface area contributed by atoms with Gasteiger partial charge in [-0.1, -0.05) is 32.0 Å². The molecule has 0 saturated carbocycles. The van der Waals surface area contributed by atoms with Gasteiger partial charge >= 0.3 is 0 Å². The molecule has 0 spiro atoms. The van der Waals surface area contributed by atoms with Gasteiger partial charge in [0.1, 0.15) is 0 Å². The molecule has 0 amide bonds. The predicted octanol–water partition coefficient (Wildman–Crippen LogP) is 3.28. The highest BCUT2D eigenvalue weighted by Gasteiger charge is 2.28. The third kappa shape index (κ3) is 3.18. The summed E-state index contributed by atoms with van der Waals surface area (Å²) in [5, 5.41) is 0. The van der Waals surface area contributed by atoms with Crippen LogP contribution in [0.25, 0.3) is 0 Å². The van der Waals surface area contributed by atoms with Crippen molar-refractivity contribution >= 4 is 0 Å². The molecule has 0 bridgehead atoms. The Balaban J connectivity index is 2.26. The average molecular weight is 260 g/mol. The Labute approximate surface area is 118 Å². The van der Waals surface area contributed by atoms with Crippen LogP contribution in [0.1, 0.15) is 43.0 Å². The van der Waals surface area contributed by atoms with Crippen LogP contribution in [0, 0.1) is 25.7 Å². The monoisotopic (exact) mass is 260 g/mol. The molecule has 0 radical (unpaired) electrons. The quantitative estimate of drug-likeness (QED) is 0.903. The number of nitrogens with two attached hydrogens (primary N) is 1. The summed E-state index contributed by atoms with van der Waals surface area (Å²) in [5.74, 6) is 1.56. The first kappa shape index (κ1) is 14.5. The zero-order chi connectivity index (χ0) is 14.0. The highest BCUT2D eigenvalue weighted by Crippen LogP contribution is 2.30. The van der Waals surface area contributed by atoms with Crippen LogP contribution in [0.15, 0.2) is 18.2 Å². The molecule has 2 nitrogen and oxygen atoms in total. The number of hydrogen-bond donors (Lipinski definition) is 1. The second-order valence-electron chi connectivity index (χ2n) is 6.44. The molecular formula is C17H28N2. The van der Waals surface area contributed by atoms with Gasteiger partial charge in [-0.15, -0.1) is 0 Å². The maximum absolute atomic E-state index is 6.10. The number of rotatable bonds is 3. The van der Waals surface area contributed by atoms with E-state index in [4.69, 9.17) is 5.73 Å². The highest BCUT2D eigenvalue weighted by atomic mass is 15.2. The van der Waals surface area contributed by atoms with Gasteiger partial charge in [0.15, 0.2) is 0 Å². The summed E-state index contributed by atoms with van der Waals surface area (Å²) in [5.41, 5.74) is 10.3. The minimum absolute atomic E-state index is 0.380. The van der Waals surface area contributed by atoms with Crippen molar-refractivity contribution in [3.8, 4) is 0 Å².